The van der Waals surface area contributed by atoms with E-state index in [1.54, 1.807) is 0 Å². The Hall–Kier alpha value is -3.49. The molecule has 0 radical (unpaired) electrons. The van der Waals surface area contributed by atoms with Crippen LogP contribution in [-0.4, -0.2) is 86.1 Å². The van der Waals surface area contributed by atoms with Crippen molar-refractivity contribution in [1.82, 2.24) is 0 Å². The Kier molecular flexibility index (Phi) is 11.0. The Morgan fingerprint density at radius 3 is 1.32 bits per heavy atom. The highest BCUT2D eigenvalue weighted by Crippen LogP contribution is 2.27. The average molecular weight is 578 g/mol. The SMILES string of the molecule is CCOC(=O)C(OC(=O)C(F)(F)F)C(OC(=O)C(F)(F)F)C(COC(=O)C(F)(F)F)OC(=O)C(F)(F)F. The van der Waals surface area contributed by atoms with Gasteiger partial charge < -0.3 is 23.7 Å². The van der Waals surface area contributed by atoms with Gasteiger partial charge in [0, 0.05) is 0 Å². The van der Waals surface area contributed by atoms with Crippen LogP contribution in [0.25, 0.3) is 0 Å². The molecule has 0 spiro atoms. The number of ether oxygens (including phenoxy) is 5. The van der Waals surface area contributed by atoms with Gasteiger partial charge in [-0.25, -0.2) is 24.0 Å². The van der Waals surface area contributed by atoms with Gasteiger partial charge >= 0.3 is 54.6 Å². The number of hydrogen-bond acceptors (Lipinski definition) is 10. The van der Waals surface area contributed by atoms with Crippen molar-refractivity contribution in [3.05, 3.63) is 0 Å². The Morgan fingerprint density at radius 1 is 0.568 bits per heavy atom. The molecule has 0 aromatic rings. The topological polar surface area (TPSA) is 132 Å². The summed E-state index contributed by atoms with van der Waals surface area (Å²) in [5.41, 5.74) is 0. The third kappa shape index (κ3) is 11.0. The molecule has 0 fully saturated rings. The first kappa shape index (κ1) is 33.5. The summed E-state index contributed by atoms with van der Waals surface area (Å²) in [7, 11) is 0. The number of esters is 5. The van der Waals surface area contributed by atoms with Gasteiger partial charge in [-0.3, -0.25) is 0 Å². The summed E-state index contributed by atoms with van der Waals surface area (Å²) in [6.07, 6.45) is -35.3. The van der Waals surface area contributed by atoms with Crippen molar-refractivity contribution in [2.45, 2.75) is 49.9 Å². The number of carbonyl (C=O) groups excluding carboxylic acids is 5. The summed E-state index contributed by atoms with van der Waals surface area (Å²) in [5, 5.41) is 0. The number of halogens is 12. The molecule has 0 rings (SSSR count). The lowest BCUT2D eigenvalue weighted by Crippen LogP contribution is -2.54. The lowest BCUT2D eigenvalue weighted by molar-refractivity contribution is -0.242. The molecule has 22 heteroatoms. The van der Waals surface area contributed by atoms with Gasteiger partial charge in [0.1, 0.15) is 6.61 Å². The van der Waals surface area contributed by atoms with Crippen molar-refractivity contribution in [3.63, 3.8) is 0 Å². The Balaban J connectivity index is 6.78. The van der Waals surface area contributed by atoms with Crippen LogP contribution in [0.1, 0.15) is 6.92 Å². The second kappa shape index (κ2) is 12.2. The normalized spacial score (nSPS) is 15.1. The van der Waals surface area contributed by atoms with Crippen molar-refractivity contribution in [3.8, 4) is 0 Å². The first-order valence-electron chi connectivity index (χ1n) is 8.66. The van der Waals surface area contributed by atoms with E-state index in [-0.39, 0.29) is 0 Å². The number of rotatable bonds is 9. The van der Waals surface area contributed by atoms with Crippen molar-refractivity contribution in [2.75, 3.05) is 13.2 Å². The fourth-order valence-corrected chi connectivity index (χ4v) is 1.82. The number of hydrogen-bond donors (Lipinski definition) is 0. The zero-order valence-electron chi connectivity index (χ0n) is 17.3. The summed E-state index contributed by atoms with van der Waals surface area (Å²) < 4.78 is 169. The monoisotopic (exact) mass is 578 g/mol. The predicted molar refractivity (Wildman–Crippen MR) is 81.5 cm³/mol. The minimum absolute atomic E-state index is 0.879. The van der Waals surface area contributed by atoms with Crippen molar-refractivity contribution in [2.24, 2.45) is 0 Å². The molecule has 37 heavy (non-hydrogen) atoms. The van der Waals surface area contributed by atoms with E-state index in [1.807, 2.05) is 0 Å². The standard InChI is InChI=1S/C15H10F12O10/c1-2-33-7(28)6(37-11(32)15(25,26)27)5(36-10(31)14(22,23)24)4(35-9(30)13(19,20)21)3-34-8(29)12(16,17)18/h4-6H,2-3H2,1H3. The highest BCUT2D eigenvalue weighted by molar-refractivity contribution is 5.83. The maximum Gasteiger partial charge on any atom is 0.490 e. The second-order valence-electron chi connectivity index (χ2n) is 5.98. The van der Waals surface area contributed by atoms with Crippen LogP contribution in [0.4, 0.5) is 52.7 Å². The largest absolute Gasteiger partial charge is 0.490 e. The van der Waals surface area contributed by atoms with Crippen LogP contribution in [0.3, 0.4) is 0 Å². The third-order valence-corrected chi connectivity index (χ3v) is 3.22. The van der Waals surface area contributed by atoms with Gasteiger partial charge in [-0.15, -0.1) is 0 Å². The molecule has 0 amide bonds. The number of alkyl halides is 12. The molecule has 0 saturated heterocycles. The minimum Gasteiger partial charge on any atom is -0.463 e. The van der Waals surface area contributed by atoms with Crippen LogP contribution >= 0.6 is 0 Å². The smallest absolute Gasteiger partial charge is 0.463 e. The molecule has 0 heterocycles. The van der Waals surface area contributed by atoms with Crippen molar-refractivity contribution < 1.29 is 100 Å². The van der Waals surface area contributed by atoms with E-state index >= 15 is 0 Å². The van der Waals surface area contributed by atoms with Gasteiger partial charge in [0.2, 0.25) is 6.10 Å². The van der Waals surface area contributed by atoms with Gasteiger partial charge in [0.05, 0.1) is 6.61 Å². The molecule has 0 aromatic heterocycles. The quantitative estimate of drug-likeness (QED) is 0.228. The molecular weight excluding hydrogens is 568 g/mol. The van der Waals surface area contributed by atoms with Crippen molar-refractivity contribution >= 4 is 29.8 Å². The highest BCUT2D eigenvalue weighted by atomic mass is 19.4. The Labute approximate surface area is 194 Å². The molecular formula is C15H10F12O10. The summed E-state index contributed by atoms with van der Waals surface area (Å²) in [6, 6.07) is 0. The van der Waals surface area contributed by atoms with Crippen LogP contribution in [0, 0.1) is 0 Å². The first-order chi connectivity index (χ1) is 16.4. The van der Waals surface area contributed by atoms with Crippen LogP contribution in [0.15, 0.2) is 0 Å². The molecule has 214 valence electrons. The van der Waals surface area contributed by atoms with E-state index in [1.165, 1.54) is 0 Å². The molecule has 3 atom stereocenters. The lowest BCUT2D eigenvalue weighted by Gasteiger charge is -2.31. The van der Waals surface area contributed by atoms with E-state index in [2.05, 4.69) is 23.7 Å². The molecule has 0 bridgehead atoms. The van der Waals surface area contributed by atoms with Crippen molar-refractivity contribution in [1.29, 1.82) is 0 Å². The lowest BCUT2D eigenvalue weighted by atomic mass is 10.1. The summed E-state index contributed by atoms with van der Waals surface area (Å²) >= 11 is 0. The van der Waals surface area contributed by atoms with Crippen LogP contribution in [-0.2, 0) is 47.7 Å². The highest BCUT2D eigenvalue weighted by Gasteiger charge is 2.54. The predicted octanol–water partition coefficient (Wildman–Crippen LogP) is 2.08. The van der Waals surface area contributed by atoms with E-state index in [4.69, 9.17) is 0 Å². The van der Waals surface area contributed by atoms with E-state index in [0.717, 1.165) is 6.92 Å². The molecule has 0 N–H and O–H groups in total. The molecule has 0 aliphatic heterocycles. The molecule has 0 aliphatic rings. The minimum atomic E-state index is -6.16. The van der Waals surface area contributed by atoms with Gasteiger partial charge in [-0.05, 0) is 6.92 Å². The van der Waals surface area contributed by atoms with Gasteiger partial charge in [-0.2, -0.15) is 52.7 Å². The average Bonchev–Trinajstić information content (AvgIpc) is 2.70. The van der Waals surface area contributed by atoms with E-state index < -0.39 is 86.1 Å². The fraction of sp³-hybridized carbons (Fsp3) is 0.667. The zero-order chi connectivity index (χ0) is 29.6. The Morgan fingerprint density at radius 2 is 0.946 bits per heavy atom. The number of carbonyl (C=O) groups is 5. The Bertz CT molecular complexity index is 858. The summed E-state index contributed by atoms with van der Waals surface area (Å²) in [6.45, 7) is -2.45. The van der Waals surface area contributed by atoms with Crippen LogP contribution < -0.4 is 0 Å². The maximum absolute atomic E-state index is 12.7. The van der Waals surface area contributed by atoms with Gasteiger partial charge in [0.25, 0.3) is 0 Å². The van der Waals surface area contributed by atoms with Crippen LogP contribution in [0.2, 0.25) is 0 Å². The van der Waals surface area contributed by atoms with Gasteiger partial charge in [0.15, 0.2) is 12.2 Å². The maximum atomic E-state index is 12.7. The van der Waals surface area contributed by atoms with E-state index in [9.17, 15) is 76.7 Å². The molecule has 3 unspecified atom stereocenters. The second-order valence-corrected chi connectivity index (χ2v) is 5.98. The molecule has 0 aliphatic carbocycles. The summed E-state index contributed by atoms with van der Waals surface area (Å²) in [4.78, 5) is 56.3. The van der Waals surface area contributed by atoms with E-state index in [0.29, 0.717) is 0 Å². The zero-order valence-corrected chi connectivity index (χ0v) is 17.3. The van der Waals surface area contributed by atoms with Gasteiger partial charge in [-0.1, -0.05) is 0 Å². The first-order valence-corrected chi connectivity index (χ1v) is 8.66. The molecule has 0 saturated carbocycles. The summed E-state index contributed by atoms with van der Waals surface area (Å²) in [5.74, 6) is -16.2. The fourth-order valence-electron chi connectivity index (χ4n) is 1.82. The van der Waals surface area contributed by atoms with Crippen LogP contribution in [0.5, 0.6) is 0 Å². The molecule has 0 aromatic carbocycles. The molecule has 10 nitrogen and oxygen atoms in total. The third-order valence-electron chi connectivity index (χ3n) is 3.22.